The fourth-order valence-corrected chi connectivity index (χ4v) is 2.22. The smallest absolute Gasteiger partial charge is 0.222 e. The molecule has 0 spiro atoms. The van der Waals surface area contributed by atoms with Crippen molar-refractivity contribution in [2.45, 2.75) is 33.4 Å². The van der Waals surface area contributed by atoms with Gasteiger partial charge in [0.1, 0.15) is 5.75 Å². The molecule has 0 amide bonds. The first-order valence-electron chi connectivity index (χ1n) is 6.51. The molecule has 1 N–H and O–H groups in total. The lowest BCUT2D eigenvalue weighted by molar-refractivity contribution is 0.420. The Morgan fingerprint density at radius 3 is 2.80 bits per heavy atom. The van der Waals surface area contributed by atoms with Crippen molar-refractivity contribution >= 4 is 15.9 Å². The van der Waals surface area contributed by atoms with E-state index in [9.17, 15) is 0 Å². The highest BCUT2D eigenvalue weighted by Crippen LogP contribution is 2.28. The number of pyridine rings is 1. The number of hydrogen-bond donors (Lipinski definition) is 1. The van der Waals surface area contributed by atoms with Gasteiger partial charge in [0, 0.05) is 30.3 Å². The Kier molecular flexibility index (Phi) is 4.77. The van der Waals surface area contributed by atoms with Gasteiger partial charge in [0.05, 0.1) is 17.5 Å². The highest BCUT2D eigenvalue weighted by Gasteiger charge is 2.15. The van der Waals surface area contributed by atoms with Crippen molar-refractivity contribution in [3.63, 3.8) is 0 Å². The molecule has 0 aliphatic rings. The number of hydrogen-bond acceptors (Lipinski definition) is 4. The molecule has 0 unspecified atom stereocenters. The second-order valence-electron chi connectivity index (χ2n) is 4.97. The van der Waals surface area contributed by atoms with Gasteiger partial charge in [-0.25, -0.2) is 4.68 Å². The van der Waals surface area contributed by atoms with Gasteiger partial charge in [-0.05, 0) is 28.9 Å². The van der Waals surface area contributed by atoms with E-state index in [0.717, 1.165) is 28.2 Å². The zero-order valence-corrected chi connectivity index (χ0v) is 13.7. The zero-order chi connectivity index (χ0) is 14.7. The predicted octanol–water partition coefficient (Wildman–Crippen LogP) is 3.18. The molecule has 5 nitrogen and oxygen atoms in total. The van der Waals surface area contributed by atoms with Gasteiger partial charge in [-0.2, -0.15) is 5.10 Å². The third-order valence-corrected chi connectivity index (χ3v) is 3.30. The molecule has 108 valence electrons. The SMILES string of the molecule is Cc1nn(C)c(Oc2cncc(Br)c2)c1CNC(C)C. The van der Waals surface area contributed by atoms with Crippen LogP contribution in [0.4, 0.5) is 0 Å². The van der Waals surface area contributed by atoms with Crippen molar-refractivity contribution in [1.29, 1.82) is 0 Å². The van der Waals surface area contributed by atoms with Crippen molar-refractivity contribution in [1.82, 2.24) is 20.1 Å². The summed E-state index contributed by atoms with van der Waals surface area (Å²) in [5.41, 5.74) is 2.04. The average Bonchev–Trinajstić information content (AvgIpc) is 2.62. The van der Waals surface area contributed by atoms with E-state index in [0.29, 0.717) is 11.8 Å². The highest BCUT2D eigenvalue weighted by molar-refractivity contribution is 9.10. The van der Waals surface area contributed by atoms with E-state index >= 15 is 0 Å². The van der Waals surface area contributed by atoms with Crippen LogP contribution in [0.5, 0.6) is 11.6 Å². The Balaban J connectivity index is 2.26. The maximum absolute atomic E-state index is 5.94. The topological polar surface area (TPSA) is 52.0 Å². The molecule has 2 aromatic heterocycles. The molecule has 20 heavy (non-hydrogen) atoms. The number of aryl methyl sites for hydroxylation is 2. The van der Waals surface area contributed by atoms with E-state index in [-0.39, 0.29) is 0 Å². The standard InChI is InChI=1S/C14H19BrN4O/c1-9(2)17-8-13-10(3)18-19(4)14(13)20-12-5-11(15)6-16-7-12/h5-7,9,17H,8H2,1-4H3. The van der Waals surface area contributed by atoms with Crippen LogP contribution in [0.2, 0.25) is 0 Å². The number of nitrogens with zero attached hydrogens (tertiary/aromatic N) is 3. The largest absolute Gasteiger partial charge is 0.437 e. The summed E-state index contributed by atoms with van der Waals surface area (Å²) < 4.78 is 8.58. The molecule has 6 heteroatoms. The van der Waals surface area contributed by atoms with Crippen LogP contribution in [0.1, 0.15) is 25.1 Å². The molecule has 0 radical (unpaired) electrons. The predicted molar refractivity (Wildman–Crippen MR) is 81.9 cm³/mol. The number of halogens is 1. The van der Waals surface area contributed by atoms with E-state index in [1.807, 2.05) is 20.0 Å². The van der Waals surface area contributed by atoms with Crippen molar-refractivity contribution in [2.75, 3.05) is 0 Å². The Morgan fingerprint density at radius 1 is 1.40 bits per heavy atom. The summed E-state index contributed by atoms with van der Waals surface area (Å²) in [5.74, 6) is 1.43. The van der Waals surface area contributed by atoms with E-state index < -0.39 is 0 Å². The van der Waals surface area contributed by atoms with Crippen LogP contribution in [0.3, 0.4) is 0 Å². The first-order chi connectivity index (χ1) is 9.47. The third kappa shape index (κ3) is 3.58. The second-order valence-corrected chi connectivity index (χ2v) is 5.88. The molecule has 2 rings (SSSR count). The summed E-state index contributed by atoms with van der Waals surface area (Å²) in [4.78, 5) is 4.10. The minimum absolute atomic E-state index is 0.412. The lowest BCUT2D eigenvalue weighted by Crippen LogP contribution is -2.22. The van der Waals surface area contributed by atoms with Gasteiger partial charge in [-0.1, -0.05) is 13.8 Å². The van der Waals surface area contributed by atoms with Crippen molar-refractivity contribution in [3.8, 4) is 11.6 Å². The zero-order valence-electron chi connectivity index (χ0n) is 12.1. The van der Waals surface area contributed by atoms with Crippen LogP contribution < -0.4 is 10.1 Å². The number of rotatable bonds is 5. The van der Waals surface area contributed by atoms with E-state index in [4.69, 9.17) is 4.74 Å². The lowest BCUT2D eigenvalue weighted by atomic mass is 10.2. The Hall–Kier alpha value is -1.40. The van der Waals surface area contributed by atoms with Crippen LogP contribution >= 0.6 is 15.9 Å². The fraction of sp³-hybridized carbons (Fsp3) is 0.429. The first-order valence-corrected chi connectivity index (χ1v) is 7.31. The number of ether oxygens (including phenoxy) is 1. The van der Waals surface area contributed by atoms with Gasteiger partial charge >= 0.3 is 0 Å². The van der Waals surface area contributed by atoms with Crippen molar-refractivity contribution in [3.05, 3.63) is 34.2 Å². The monoisotopic (exact) mass is 338 g/mol. The van der Waals surface area contributed by atoms with Crippen LogP contribution in [-0.2, 0) is 13.6 Å². The second kappa shape index (κ2) is 6.37. The van der Waals surface area contributed by atoms with Crippen LogP contribution in [0, 0.1) is 6.92 Å². The summed E-state index contributed by atoms with van der Waals surface area (Å²) in [6.45, 7) is 6.95. The van der Waals surface area contributed by atoms with Crippen molar-refractivity contribution < 1.29 is 4.74 Å². The summed E-state index contributed by atoms with van der Waals surface area (Å²) >= 11 is 3.39. The van der Waals surface area contributed by atoms with Gasteiger partial charge in [0.25, 0.3) is 0 Å². The quantitative estimate of drug-likeness (QED) is 0.909. The molecule has 2 aromatic rings. The summed E-state index contributed by atoms with van der Waals surface area (Å²) in [7, 11) is 1.88. The molecule has 0 aliphatic heterocycles. The highest BCUT2D eigenvalue weighted by atomic mass is 79.9. The third-order valence-electron chi connectivity index (χ3n) is 2.87. The molecule has 2 heterocycles. The average molecular weight is 339 g/mol. The molecule has 0 aromatic carbocycles. The minimum Gasteiger partial charge on any atom is -0.437 e. The molecule has 0 aliphatic carbocycles. The Morgan fingerprint density at radius 2 is 2.15 bits per heavy atom. The maximum atomic E-state index is 5.94. The summed E-state index contributed by atoms with van der Waals surface area (Å²) in [6, 6.07) is 2.30. The van der Waals surface area contributed by atoms with E-state index in [2.05, 4.69) is 45.2 Å². The minimum atomic E-state index is 0.412. The molecule has 0 bridgehead atoms. The molecule has 0 atom stereocenters. The van der Waals surface area contributed by atoms with Gasteiger partial charge in [-0.3, -0.25) is 4.98 Å². The summed E-state index contributed by atoms with van der Waals surface area (Å²) in [6.07, 6.45) is 3.41. The lowest BCUT2D eigenvalue weighted by Gasteiger charge is -2.11. The van der Waals surface area contributed by atoms with E-state index in [1.165, 1.54) is 0 Å². The number of nitrogens with one attached hydrogen (secondary N) is 1. The normalized spacial score (nSPS) is 11.1. The molecule has 0 saturated carbocycles. The fourth-order valence-electron chi connectivity index (χ4n) is 1.88. The van der Waals surface area contributed by atoms with Crippen LogP contribution in [0.15, 0.2) is 22.9 Å². The molecular formula is C14H19BrN4O. The Labute approximate surface area is 127 Å². The summed E-state index contributed by atoms with van der Waals surface area (Å²) in [5, 5.41) is 7.82. The maximum Gasteiger partial charge on any atom is 0.222 e. The van der Waals surface area contributed by atoms with Gasteiger partial charge in [0.15, 0.2) is 0 Å². The van der Waals surface area contributed by atoms with Gasteiger partial charge in [0.2, 0.25) is 5.88 Å². The van der Waals surface area contributed by atoms with Gasteiger partial charge in [-0.15, -0.1) is 0 Å². The van der Waals surface area contributed by atoms with Crippen LogP contribution in [0.25, 0.3) is 0 Å². The molecule has 0 saturated heterocycles. The first kappa shape index (κ1) is 15.0. The molecule has 0 fully saturated rings. The molecular weight excluding hydrogens is 320 g/mol. The van der Waals surface area contributed by atoms with Crippen molar-refractivity contribution in [2.24, 2.45) is 7.05 Å². The van der Waals surface area contributed by atoms with Crippen LogP contribution in [-0.4, -0.2) is 20.8 Å². The van der Waals surface area contributed by atoms with E-state index in [1.54, 1.807) is 17.1 Å². The van der Waals surface area contributed by atoms with Gasteiger partial charge < -0.3 is 10.1 Å². The number of aromatic nitrogens is 3. The Bertz CT molecular complexity index is 595.